The minimum Gasteiger partial charge on any atom is -0.364 e. The molecule has 1 aromatic rings. The number of amides is 2. The zero-order valence-electron chi connectivity index (χ0n) is 7.49. The Bertz CT molecular complexity index is 385. The average Bonchev–Trinajstić information content (AvgIpc) is 2.59. The number of aromatic nitrogens is 2. The van der Waals surface area contributed by atoms with Crippen molar-refractivity contribution in [1.29, 1.82) is 0 Å². The normalized spacial score (nSPS) is 15.0. The first-order valence-corrected chi connectivity index (χ1v) is 4.27. The predicted octanol–water partition coefficient (Wildman–Crippen LogP) is -0.977. The van der Waals surface area contributed by atoms with Gasteiger partial charge in [-0.25, -0.2) is 0 Å². The SMILES string of the molecule is NC(=O)c1n[nH]c2c1CCN(C=O)C2. The monoisotopic (exact) mass is 194 g/mol. The van der Waals surface area contributed by atoms with E-state index in [9.17, 15) is 9.59 Å². The van der Waals surface area contributed by atoms with Crippen molar-refractivity contribution in [1.82, 2.24) is 15.1 Å². The van der Waals surface area contributed by atoms with Crippen LogP contribution in [0.25, 0.3) is 0 Å². The zero-order valence-corrected chi connectivity index (χ0v) is 7.49. The third kappa shape index (κ3) is 1.24. The van der Waals surface area contributed by atoms with Gasteiger partial charge in [0.2, 0.25) is 6.41 Å². The Kier molecular flexibility index (Phi) is 1.95. The lowest BCUT2D eigenvalue weighted by atomic mass is 10.0. The molecule has 0 spiro atoms. The van der Waals surface area contributed by atoms with E-state index in [4.69, 9.17) is 5.73 Å². The molecule has 0 fully saturated rings. The van der Waals surface area contributed by atoms with Crippen molar-refractivity contribution >= 4 is 12.3 Å². The average molecular weight is 194 g/mol. The molecule has 6 nitrogen and oxygen atoms in total. The molecular weight excluding hydrogens is 184 g/mol. The van der Waals surface area contributed by atoms with Crippen LogP contribution < -0.4 is 5.73 Å². The maximum absolute atomic E-state index is 10.9. The van der Waals surface area contributed by atoms with E-state index in [1.54, 1.807) is 4.90 Å². The van der Waals surface area contributed by atoms with Crippen LogP contribution in [0, 0.1) is 0 Å². The maximum Gasteiger partial charge on any atom is 0.269 e. The van der Waals surface area contributed by atoms with Crippen molar-refractivity contribution in [3.8, 4) is 0 Å². The van der Waals surface area contributed by atoms with Crippen LogP contribution in [0.4, 0.5) is 0 Å². The fourth-order valence-electron chi connectivity index (χ4n) is 1.63. The van der Waals surface area contributed by atoms with Crippen molar-refractivity contribution in [3.63, 3.8) is 0 Å². The van der Waals surface area contributed by atoms with Gasteiger partial charge in [0.25, 0.3) is 5.91 Å². The fourth-order valence-corrected chi connectivity index (χ4v) is 1.63. The molecule has 2 heterocycles. The van der Waals surface area contributed by atoms with Gasteiger partial charge < -0.3 is 10.6 Å². The van der Waals surface area contributed by atoms with Crippen LogP contribution in [0.1, 0.15) is 21.7 Å². The maximum atomic E-state index is 10.9. The summed E-state index contributed by atoms with van der Waals surface area (Å²) in [5.74, 6) is -0.526. The minimum absolute atomic E-state index is 0.297. The molecule has 0 bridgehead atoms. The molecule has 0 aliphatic carbocycles. The smallest absolute Gasteiger partial charge is 0.269 e. The van der Waals surface area contributed by atoms with Crippen molar-refractivity contribution in [2.24, 2.45) is 5.73 Å². The Morgan fingerprint density at radius 3 is 3.07 bits per heavy atom. The number of rotatable bonds is 2. The molecule has 0 saturated carbocycles. The van der Waals surface area contributed by atoms with Crippen LogP contribution in [0.3, 0.4) is 0 Å². The van der Waals surface area contributed by atoms with E-state index in [0.29, 0.717) is 25.2 Å². The Morgan fingerprint density at radius 2 is 2.43 bits per heavy atom. The Morgan fingerprint density at radius 1 is 1.64 bits per heavy atom. The molecule has 74 valence electrons. The zero-order chi connectivity index (χ0) is 10.1. The Balaban J connectivity index is 2.33. The van der Waals surface area contributed by atoms with Gasteiger partial charge in [-0.05, 0) is 6.42 Å². The number of nitrogens with one attached hydrogen (secondary N) is 1. The Labute approximate surface area is 80.1 Å². The third-order valence-corrected chi connectivity index (χ3v) is 2.35. The number of aromatic amines is 1. The number of fused-ring (bicyclic) bond motifs is 1. The molecule has 0 aromatic carbocycles. The molecule has 2 rings (SSSR count). The first-order valence-electron chi connectivity index (χ1n) is 4.27. The molecule has 0 atom stereocenters. The van der Waals surface area contributed by atoms with E-state index in [1.165, 1.54) is 0 Å². The number of hydrogen-bond acceptors (Lipinski definition) is 3. The number of H-pyrrole nitrogens is 1. The van der Waals surface area contributed by atoms with Gasteiger partial charge in [-0.3, -0.25) is 14.7 Å². The lowest BCUT2D eigenvalue weighted by Gasteiger charge is -2.22. The van der Waals surface area contributed by atoms with Crippen molar-refractivity contribution in [3.05, 3.63) is 17.0 Å². The second kappa shape index (κ2) is 3.13. The summed E-state index contributed by atoms with van der Waals surface area (Å²) >= 11 is 0. The highest BCUT2D eigenvalue weighted by Gasteiger charge is 2.22. The lowest BCUT2D eigenvalue weighted by Crippen LogP contribution is -2.29. The van der Waals surface area contributed by atoms with Crippen LogP contribution in [0.15, 0.2) is 0 Å². The van der Waals surface area contributed by atoms with E-state index in [1.807, 2.05) is 0 Å². The number of carbonyl (C=O) groups is 2. The number of carbonyl (C=O) groups excluding carboxylic acids is 2. The summed E-state index contributed by atoms with van der Waals surface area (Å²) < 4.78 is 0. The number of nitrogens with zero attached hydrogens (tertiary/aromatic N) is 2. The molecule has 0 saturated heterocycles. The summed E-state index contributed by atoms with van der Waals surface area (Å²) in [4.78, 5) is 23.1. The van der Waals surface area contributed by atoms with E-state index >= 15 is 0 Å². The molecule has 0 unspecified atom stereocenters. The van der Waals surface area contributed by atoms with Gasteiger partial charge in [0.05, 0.1) is 12.2 Å². The molecule has 2 amide bonds. The van der Waals surface area contributed by atoms with Crippen molar-refractivity contribution < 1.29 is 9.59 Å². The van der Waals surface area contributed by atoms with Crippen LogP contribution in [0.2, 0.25) is 0 Å². The van der Waals surface area contributed by atoms with Gasteiger partial charge in [-0.1, -0.05) is 0 Å². The van der Waals surface area contributed by atoms with Gasteiger partial charge in [-0.2, -0.15) is 5.10 Å². The quantitative estimate of drug-likeness (QED) is 0.593. The van der Waals surface area contributed by atoms with Gasteiger partial charge in [0.1, 0.15) is 0 Å². The van der Waals surface area contributed by atoms with Gasteiger partial charge in [0, 0.05) is 12.1 Å². The number of hydrogen-bond donors (Lipinski definition) is 2. The van der Waals surface area contributed by atoms with Crippen LogP contribution >= 0.6 is 0 Å². The summed E-state index contributed by atoms with van der Waals surface area (Å²) in [6.07, 6.45) is 1.41. The topological polar surface area (TPSA) is 92.1 Å². The molecule has 6 heteroatoms. The minimum atomic E-state index is -0.526. The van der Waals surface area contributed by atoms with Gasteiger partial charge in [-0.15, -0.1) is 0 Å². The second-order valence-corrected chi connectivity index (χ2v) is 3.22. The highest BCUT2D eigenvalue weighted by atomic mass is 16.1. The third-order valence-electron chi connectivity index (χ3n) is 2.35. The first kappa shape index (κ1) is 8.74. The highest BCUT2D eigenvalue weighted by molar-refractivity contribution is 5.92. The lowest BCUT2D eigenvalue weighted by molar-refractivity contribution is -0.118. The van der Waals surface area contributed by atoms with Crippen molar-refractivity contribution in [2.45, 2.75) is 13.0 Å². The molecule has 0 radical (unpaired) electrons. The van der Waals surface area contributed by atoms with Crippen LogP contribution in [-0.4, -0.2) is 34.0 Å². The number of nitrogens with two attached hydrogens (primary N) is 1. The molecule has 1 aromatic heterocycles. The molecule has 3 N–H and O–H groups in total. The van der Waals surface area contributed by atoms with Gasteiger partial charge in [0.15, 0.2) is 5.69 Å². The molecular formula is C8H10N4O2. The standard InChI is InChI=1S/C8H10N4O2/c9-8(14)7-5-1-2-12(4-13)3-6(5)10-11-7/h4H,1-3H2,(H2,9,14)(H,10,11). The summed E-state index contributed by atoms with van der Waals surface area (Å²) in [6, 6.07) is 0. The molecule has 1 aliphatic rings. The fraction of sp³-hybridized carbons (Fsp3) is 0.375. The van der Waals surface area contributed by atoms with Crippen LogP contribution in [0.5, 0.6) is 0 Å². The molecule has 1 aliphatic heterocycles. The Hall–Kier alpha value is -1.85. The van der Waals surface area contributed by atoms with E-state index in [0.717, 1.165) is 17.7 Å². The van der Waals surface area contributed by atoms with Crippen molar-refractivity contribution in [2.75, 3.05) is 6.54 Å². The van der Waals surface area contributed by atoms with E-state index in [2.05, 4.69) is 10.2 Å². The largest absolute Gasteiger partial charge is 0.364 e. The van der Waals surface area contributed by atoms with E-state index < -0.39 is 5.91 Å². The highest BCUT2D eigenvalue weighted by Crippen LogP contribution is 2.18. The summed E-state index contributed by atoms with van der Waals surface area (Å²) in [5.41, 5.74) is 7.09. The number of primary amides is 1. The summed E-state index contributed by atoms with van der Waals surface area (Å²) in [5, 5.41) is 6.54. The van der Waals surface area contributed by atoms with Gasteiger partial charge >= 0.3 is 0 Å². The molecule has 14 heavy (non-hydrogen) atoms. The van der Waals surface area contributed by atoms with E-state index in [-0.39, 0.29) is 0 Å². The van der Waals surface area contributed by atoms with Crippen LogP contribution in [-0.2, 0) is 17.8 Å². The summed E-state index contributed by atoms with van der Waals surface area (Å²) in [6.45, 7) is 1.08. The second-order valence-electron chi connectivity index (χ2n) is 3.22. The predicted molar refractivity (Wildman–Crippen MR) is 47.3 cm³/mol. The first-order chi connectivity index (χ1) is 6.72. The summed E-state index contributed by atoms with van der Waals surface area (Å²) in [7, 11) is 0.